The highest BCUT2D eigenvalue weighted by atomic mass is 16.2. The Kier molecular flexibility index (Phi) is 4.93. The number of ketones is 1. The zero-order chi connectivity index (χ0) is 17.1. The number of aromatic nitrogens is 3. The van der Waals surface area contributed by atoms with Crippen molar-refractivity contribution in [2.24, 2.45) is 0 Å². The van der Waals surface area contributed by atoms with Crippen LogP contribution < -0.4 is 5.32 Å². The van der Waals surface area contributed by atoms with Crippen molar-refractivity contribution in [3.63, 3.8) is 0 Å². The van der Waals surface area contributed by atoms with E-state index in [1.54, 1.807) is 13.8 Å². The van der Waals surface area contributed by atoms with Crippen molar-refractivity contribution in [1.82, 2.24) is 15.0 Å². The molecular weight excluding hydrogens is 292 g/mol. The first-order valence-electron chi connectivity index (χ1n) is 7.68. The van der Waals surface area contributed by atoms with Gasteiger partial charge in [0.2, 0.25) is 5.91 Å². The number of nitrogens with one attached hydrogen (secondary N) is 1. The number of Topliss-reactive ketones (excluding diaryl/α,β-unsaturated/α-hetero) is 1. The lowest BCUT2D eigenvalue weighted by atomic mass is 10.1. The third kappa shape index (κ3) is 3.31. The third-order valence-corrected chi connectivity index (χ3v) is 4.00. The Balaban J connectivity index is 2.26. The average Bonchev–Trinajstić information content (AvgIpc) is 2.90. The van der Waals surface area contributed by atoms with Gasteiger partial charge in [-0.1, -0.05) is 30.3 Å². The highest BCUT2D eigenvalue weighted by molar-refractivity contribution is 5.96. The first kappa shape index (κ1) is 16.9. The number of rotatable bonds is 5. The van der Waals surface area contributed by atoms with E-state index in [1.165, 1.54) is 11.6 Å². The van der Waals surface area contributed by atoms with Crippen LogP contribution in [0.5, 0.6) is 0 Å². The Labute approximate surface area is 135 Å². The summed E-state index contributed by atoms with van der Waals surface area (Å²) in [6.07, 6.45) is 0.836. The van der Waals surface area contributed by atoms with Gasteiger partial charge in [-0.15, -0.1) is 5.10 Å². The van der Waals surface area contributed by atoms with Gasteiger partial charge < -0.3 is 5.32 Å². The highest BCUT2D eigenvalue weighted by Gasteiger charge is 2.22. The molecule has 1 amide bonds. The second-order valence-electron chi connectivity index (χ2n) is 5.65. The van der Waals surface area contributed by atoms with E-state index in [0.717, 1.165) is 23.2 Å². The number of amides is 1. The summed E-state index contributed by atoms with van der Waals surface area (Å²) in [6.45, 7) is 8.94. The Morgan fingerprint density at radius 3 is 2.57 bits per heavy atom. The number of carbonyl (C=O) groups is 2. The molecule has 23 heavy (non-hydrogen) atoms. The van der Waals surface area contributed by atoms with Gasteiger partial charge >= 0.3 is 0 Å². The van der Waals surface area contributed by atoms with Crippen molar-refractivity contribution in [2.45, 2.75) is 47.1 Å². The van der Waals surface area contributed by atoms with Crippen molar-refractivity contribution in [2.75, 3.05) is 5.32 Å². The number of para-hydroxylation sites is 1. The van der Waals surface area contributed by atoms with Crippen molar-refractivity contribution < 1.29 is 9.59 Å². The molecule has 0 saturated carbocycles. The SMILES string of the molecule is CCc1cccc(C)c1NC(=O)C(C)n1nnc(C(C)=O)c1C. The van der Waals surface area contributed by atoms with E-state index in [9.17, 15) is 9.59 Å². The minimum Gasteiger partial charge on any atom is -0.324 e. The van der Waals surface area contributed by atoms with E-state index in [2.05, 4.69) is 22.6 Å². The number of carbonyl (C=O) groups excluding carboxylic acids is 2. The van der Waals surface area contributed by atoms with Crippen LogP contribution in [-0.2, 0) is 11.2 Å². The van der Waals surface area contributed by atoms with Gasteiger partial charge in [0, 0.05) is 12.6 Å². The quantitative estimate of drug-likeness (QED) is 0.861. The average molecular weight is 314 g/mol. The largest absolute Gasteiger partial charge is 0.324 e. The molecule has 6 heteroatoms. The van der Waals surface area contributed by atoms with Gasteiger partial charge in [0.1, 0.15) is 6.04 Å². The number of anilines is 1. The molecule has 0 aliphatic heterocycles. The molecule has 1 aromatic carbocycles. The Bertz CT molecular complexity index is 749. The van der Waals surface area contributed by atoms with E-state index in [1.807, 2.05) is 25.1 Å². The van der Waals surface area contributed by atoms with Crippen LogP contribution in [0.3, 0.4) is 0 Å². The molecule has 0 spiro atoms. The summed E-state index contributed by atoms with van der Waals surface area (Å²) < 4.78 is 1.48. The summed E-state index contributed by atoms with van der Waals surface area (Å²) in [6, 6.07) is 5.39. The van der Waals surface area contributed by atoms with E-state index in [4.69, 9.17) is 0 Å². The number of hydrogen-bond acceptors (Lipinski definition) is 4. The first-order valence-corrected chi connectivity index (χ1v) is 7.68. The van der Waals surface area contributed by atoms with Crippen LogP contribution in [0.1, 0.15) is 54.1 Å². The second-order valence-corrected chi connectivity index (χ2v) is 5.65. The monoisotopic (exact) mass is 314 g/mol. The van der Waals surface area contributed by atoms with E-state index in [0.29, 0.717) is 11.4 Å². The maximum absolute atomic E-state index is 12.6. The van der Waals surface area contributed by atoms with Gasteiger partial charge in [0.25, 0.3) is 0 Å². The van der Waals surface area contributed by atoms with Gasteiger partial charge in [-0.25, -0.2) is 4.68 Å². The normalized spacial score (nSPS) is 12.0. The molecule has 2 rings (SSSR count). The number of benzene rings is 1. The zero-order valence-corrected chi connectivity index (χ0v) is 14.2. The molecule has 0 fully saturated rings. The molecule has 1 heterocycles. The van der Waals surface area contributed by atoms with Gasteiger partial charge in [-0.3, -0.25) is 9.59 Å². The van der Waals surface area contributed by atoms with Crippen LogP contribution in [0.4, 0.5) is 5.69 Å². The zero-order valence-electron chi connectivity index (χ0n) is 14.2. The Morgan fingerprint density at radius 1 is 1.30 bits per heavy atom. The molecule has 1 N–H and O–H groups in total. The van der Waals surface area contributed by atoms with Gasteiger partial charge in [-0.2, -0.15) is 0 Å². The summed E-state index contributed by atoms with van der Waals surface area (Å²) in [5.41, 5.74) is 3.85. The first-order chi connectivity index (χ1) is 10.9. The smallest absolute Gasteiger partial charge is 0.249 e. The molecular formula is C17H22N4O2. The van der Waals surface area contributed by atoms with Crippen molar-refractivity contribution in [3.8, 4) is 0 Å². The third-order valence-electron chi connectivity index (χ3n) is 4.00. The van der Waals surface area contributed by atoms with Crippen LogP contribution in [-0.4, -0.2) is 26.7 Å². The van der Waals surface area contributed by atoms with Crippen molar-refractivity contribution in [3.05, 3.63) is 40.7 Å². The molecule has 122 valence electrons. The summed E-state index contributed by atoms with van der Waals surface area (Å²) in [7, 11) is 0. The maximum atomic E-state index is 12.6. The fourth-order valence-electron chi connectivity index (χ4n) is 2.57. The molecule has 0 aliphatic carbocycles. The lowest BCUT2D eigenvalue weighted by Gasteiger charge is -2.17. The predicted molar refractivity (Wildman–Crippen MR) is 88.7 cm³/mol. The minimum absolute atomic E-state index is 0.159. The van der Waals surface area contributed by atoms with Crippen LogP contribution in [0.25, 0.3) is 0 Å². The predicted octanol–water partition coefficient (Wildman–Crippen LogP) is 2.86. The number of aryl methyl sites for hydroxylation is 2. The van der Waals surface area contributed by atoms with Gasteiger partial charge in [-0.05, 0) is 38.3 Å². The van der Waals surface area contributed by atoms with E-state index >= 15 is 0 Å². The molecule has 2 aromatic rings. The standard InChI is InChI=1S/C17H22N4O2/c1-6-14-9-7-8-10(2)15(14)18-17(23)12(4)21-11(3)16(13(5)22)19-20-21/h7-9,12H,6H2,1-5H3,(H,18,23). The molecule has 6 nitrogen and oxygen atoms in total. The summed E-state index contributed by atoms with van der Waals surface area (Å²) in [5, 5.41) is 10.8. The summed E-state index contributed by atoms with van der Waals surface area (Å²) >= 11 is 0. The van der Waals surface area contributed by atoms with Crippen molar-refractivity contribution >= 4 is 17.4 Å². The fraction of sp³-hybridized carbons (Fsp3) is 0.412. The highest BCUT2D eigenvalue weighted by Crippen LogP contribution is 2.23. The number of nitrogens with zero attached hydrogens (tertiary/aromatic N) is 3. The van der Waals surface area contributed by atoms with Crippen LogP contribution in [0.2, 0.25) is 0 Å². The number of hydrogen-bond donors (Lipinski definition) is 1. The molecule has 1 unspecified atom stereocenters. The topological polar surface area (TPSA) is 76.9 Å². The molecule has 1 aromatic heterocycles. The maximum Gasteiger partial charge on any atom is 0.249 e. The van der Waals surface area contributed by atoms with Crippen molar-refractivity contribution in [1.29, 1.82) is 0 Å². The summed E-state index contributed by atoms with van der Waals surface area (Å²) in [5.74, 6) is -0.342. The van der Waals surface area contributed by atoms with Crippen LogP contribution in [0.15, 0.2) is 18.2 Å². The fourth-order valence-corrected chi connectivity index (χ4v) is 2.57. The van der Waals surface area contributed by atoms with E-state index < -0.39 is 6.04 Å². The minimum atomic E-state index is -0.556. The molecule has 0 saturated heterocycles. The second kappa shape index (κ2) is 6.73. The Morgan fingerprint density at radius 2 is 2.00 bits per heavy atom. The van der Waals surface area contributed by atoms with E-state index in [-0.39, 0.29) is 11.7 Å². The molecule has 0 bridgehead atoms. The molecule has 1 atom stereocenters. The van der Waals surface area contributed by atoms with Crippen LogP contribution >= 0.6 is 0 Å². The lowest BCUT2D eigenvalue weighted by Crippen LogP contribution is -2.26. The Hall–Kier alpha value is -2.50. The lowest BCUT2D eigenvalue weighted by molar-refractivity contribution is -0.119. The molecule has 0 radical (unpaired) electrons. The van der Waals surface area contributed by atoms with Gasteiger partial charge in [0.05, 0.1) is 5.69 Å². The van der Waals surface area contributed by atoms with Gasteiger partial charge in [0.15, 0.2) is 11.5 Å². The molecule has 0 aliphatic rings. The van der Waals surface area contributed by atoms with Crippen LogP contribution in [0, 0.1) is 13.8 Å². The summed E-state index contributed by atoms with van der Waals surface area (Å²) in [4.78, 5) is 24.1.